The Kier molecular flexibility index (Phi) is 3.47. The van der Waals surface area contributed by atoms with Gasteiger partial charge in [-0.1, -0.05) is 6.08 Å². The zero-order valence-corrected chi connectivity index (χ0v) is 8.53. The third kappa shape index (κ3) is 2.56. The maximum absolute atomic E-state index is 11.7. The Morgan fingerprint density at radius 2 is 2.20 bits per heavy atom. The smallest absolute Gasteiger partial charge is 0.326 e. The van der Waals surface area contributed by atoms with Gasteiger partial charge in [-0.15, -0.1) is 6.58 Å². The molecule has 84 valence electrons. The summed E-state index contributed by atoms with van der Waals surface area (Å²) in [5.41, 5.74) is 4.96. The average Bonchev–Trinajstić information content (AvgIpc) is 2.97. The van der Waals surface area contributed by atoms with Gasteiger partial charge in [0.15, 0.2) is 0 Å². The highest BCUT2D eigenvalue weighted by atomic mass is 16.4. The maximum atomic E-state index is 11.7. The number of nitrogens with two attached hydrogens (primary N) is 1. The zero-order chi connectivity index (χ0) is 11.5. The van der Waals surface area contributed by atoms with E-state index in [0.717, 1.165) is 12.8 Å². The van der Waals surface area contributed by atoms with Crippen LogP contribution >= 0.6 is 0 Å². The highest BCUT2D eigenvalue weighted by molar-refractivity contribution is 5.89. The number of hydrogen-bond donors (Lipinski definition) is 3. The van der Waals surface area contributed by atoms with Gasteiger partial charge in [-0.25, -0.2) is 4.79 Å². The highest BCUT2D eigenvalue weighted by Crippen LogP contribution is 2.44. The molecule has 1 atom stereocenters. The lowest BCUT2D eigenvalue weighted by Gasteiger charge is -2.17. The minimum absolute atomic E-state index is 0.224. The number of carbonyl (C=O) groups excluding carboxylic acids is 1. The molecule has 0 heterocycles. The second-order valence-corrected chi connectivity index (χ2v) is 3.87. The molecule has 0 aliphatic heterocycles. The van der Waals surface area contributed by atoms with Crippen LogP contribution in [-0.4, -0.2) is 29.6 Å². The van der Waals surface area contributed by atoms with Crippen molar-refractivity contribution in [3.05, 3.63) is 12.7 Å². The Morgan fingerprint density at radius 1 is 1.60 bits per heavy atom. The Morgan fingerprint density at radius 3 is 2.53 bits per heavy atom. The Bertz CT molecular complexity index is 284. The summed E-state index contributed by atoms with van der Waals surface area (Å²) in [6.07, 6.45) is 3.19. The van der Waals surface area contributed by atoms with E-state index in [1.54, 1.807) is 0 Å². The van der Waals surface area contributed by atoms with E-state index in [1.807, 2.05) is 0 Å². The molecule has 15 heavy (non-hydrogen) atoms. The van der Waals surface area contributed by atoms with Gasteiger partial charge in [0.25, 0.3) is 0 Å². The number of carboxylic acid groups (broad SMARTS) is 1. The zero-order valence-electron chi connectivity index (χ0n) is 8.53. The number of rotatable bonds is 6. The summed E-state index contributed by atoms with van der Waals surface area (Å²) in [7, 11) is 0. The van der Waals surface area contributed by atoms with Crippen molar-refractivity contribution in [3.63, 3.8) is 0 Å². The summed E-state index contributed by atoms with van der Waals surface area (Å²) < 4.78 is 0. The molecule has 0 spiro atoms. The molecule has 1 aliphatic rings. The standard InChI is InChI=1S/C10H16N2O3/c1-2-3-7(8(13)14)12-9(15)10(6-11)4-5-10/h2,7H,1,3-6,11H2,(H,12,15)(H,13,14). The highest BCUT2D eigenvalue weighted by Gasteiger charge is 2.49. The normalized spacial score (nSPS) is 19.0. The summed E-state index contributed by atoms with van der Waals surface area (Å²) in [6, 6.07) is -0.890. The van der Waals surface area contributed by atoms with E-state index in [1.165, 1.54) is 6.08 Å². The minimum Gasteiger partial charge on any atom is -0.480 e. The van der Waals surface area contributed by atoms with Crippen molar-refractivity contribution in [2.24, 2.45) is 11.1 Å². The molecule has 0 saturated heterocycles. The molecular formula is C10H16N2O3. The lowest BCUT2D eigenvalue weighted by molar-refractivity contribution is -0.142. The van der Waals surface area contributed by atoms with Gasteiger partial charge >= 0.3 is 5.97 Å². The van der Waals surface area contributed by atoms with Gasteiger partial charge in [0, 0.05) is 6.54 Å². The number of nitrogens with one attached hydrogen (secondary N) is 1. The van der Waals surface area contributed by atoms with Crippen LogP contribution in [-0.2, 0) is 9.59 Å². The molecule has 5 heteroatoms. The third-order valence-corrected chi connectivity index (χ3v) is 2.73. The second-order valence-electron chi connectivity index (χ2n) is 3.87. The van der Waals surface area contributed by atoms with Gasteiger partial charge in [-0.2, -0.15) is 0 Å². The molecule has 1 unspecified atom stereocenters. The fraction of sp³-hybridized carbons (Fsp3) is 0.600. The maximum Gasteiger partial charge on any atom is 0.326 e. The van der Waals surface area contributed by atoms with Gasteiger partial charge < -0.3 is 16.2 Å². The topological polar surface area (TPSA) is 92.4 Å². The van der Waals surface area contributed by atoms with Crippen molar-refractivity contribution in [1.29, 1.82) is 0 Å². The van der Waals surface area contributed by atoms with Crippen molar-refractivity contribution >= 4 is 11.9 Å². The van der Waals surface area contributed by atoms with Crippen LogP contribution in [0.3, 0.4) is 0 Å². The molecule has 0 aromatic heterocycles. The first-order valence-corrected chi connectivity index (χ1v) is 4.90. The molecule has 1 saturated carbocycles. The van der Waals surface area contributed by atoms with Crippen LogP contribution in [0.4, 0.5) is 0 Å². The van der Waals surface area contributed by atoms with Crippen molar-refractivity contribution in [2.75, 3.05) is 6.54 Å². The first kappa shape index (κ1) is 11.7. The molecule has 1 amide bonds. The second kappa shape index (κ2) is 4.44. The Balaban J connectivity index is 2.55. The van der Waals surface area contributed by atoms with Crippen LogP contribution in [0.15, 0.2) is 12.7 Å². The van der Waals surface area contributed by atoms with E-state index in [9.17, 15) is 9.59 Å². The van der Waals surface area contributed by atoms with Crippen molar-refractivity contribution in [3.8, 4) is 0 Å². The Hall–Kier alpha value is -1.36. The van der Waals surface area contributed by atoms with E-state index >= 15 is 0 Å². The molecule has 1 fully saturated rings. The van der Waals surface area contributed by atoms with E-state index in [0.29, 0.717) is 0 Å². The van der Waals surface area contributed by atoms with E-state index in [2.05, 4.69) is 11.9 Å². The summed E-state index contributed by atoms with van der Waals surface area (Å²) in [5, 5.41) is 11.3. The first-order valence-electron chi connectivity index (χ1n) is 4.90. The van der Waals surface area contributed by atoms with E-state index in [4.69, 9.17) is 10.8 Å². The number of carbonyl (C=O) groups is 2. The molecule has 1 rings (SSSR count). The van der Waals surface area contributed by atoms with Crippen LogP contribution in [0, 0.1) is 5.41 Å². The number of aliphatic carboxylic acids is 1. The fourth-order valence-corrected chi connectivity index (χ4v) is 1.37. The fourth-order valence-electron chi connectivity index (χ4n) is 1.37. The predicted octanol–water partition coefficient (Wildman–Crippen LogP) is -0.129. The van der Waals surface area contributed by atoms with Crippen LogP contribution in [0.25, 0.3) is 0 Å². The van der Waals surface area contributed by atoms with Crippen LogP contribution in [0.5, 0.6) is 0 Å². The molecule has 0 aromatic carbocycles. The minimum atomic E-state index is -1.05. The lowest BCUT2D eigenvalue weighted by atomic mass is 10.1. The Labute approximate surface area is 88.3 Å². The van der Waals surface area contributed by atoms with Gasteiger partial charge in [0.1, 0.15) is 6.04 Å². The van der Waals surface area contributed by atoms with Crippen molar-refractivity contribution < 1.29 is 14.7 Å². The van der Waals surface area contributed by atoms with Crippen molar-refractivity contribution in [2.45, 2.75) is 25.3 Å². The van der Waals surface area contributed by atoms with Gasteiger partial charge in [-0.3, -0.25) is 4.79 Å². The summed E-state index contributed by atoms with van der Waals surface area (Å²) >= 11 is 0. The largest absolute Gasteiger partial charge is 0.480 e. The van der Waals surface area contributed by atoms with E-state index < -0.39 is 17.4 Å². The summed E-state index contributed by atoms with van der Waals surface area (Å²) in [4.78, 5) is 22.4. The monoisotopic (exact) mass is 212 g/mol. The van der Waals surface area contributed by atoms with Crippen LogP contribution in [0.1, 0.15) is 19.3 Å². The number of amides is 1. The SMILES string of the molecule is C=CCC(NC(=O)C1(CN)CC1)C(=O)O. The predicted molar refractivity (Wildman–Crippen MR) is 55.1 cm³/mol. The molecule has 5 nitrogen and oxygen atoms in total. The molecule has 0 radical (unpaired) electrons. The molecule has 0 bridgehead atoms. The first-order chi connectivity index (χ1) is 7.05. The van der Waals surface area contributed by atoms with Gasteiger partial charge in [-0.05, 0) is 19.3 Å². The molecule has 1 aliphatic carbocycles. The average molecular weight is 212 g/mol. The van der Waals surface area contributed by atoms with Gasteiger partial charge in [0.2, 0.25) is 5.91 Å². The molecule has 0 aromatic rings. The number of hydrogen-bond acceptors (Lipinski definition) is 3. The van der Waals surface area contributed by atoms with Crippen molar-refractivity contribution in [1.82, 2.24) is 5.32 Å². The van der Waals surface area contributed by atoms with E-state index in [-0.39, 0.29) is 18.9 Å². The summed E-state index contributed by atoms with van der Waals surface area (Å²) in [5.74, 6) is -1.30. The number of carboxylic acids is 1. The molecular weight excluding hydrogens is 196 g/mol. The van der Waals surface area contributed by atoms with Gasteiger partial charge in [0.05, 0.1) is 5.41 Å². The van der Waals surface area contributed by atoms with Crippen LogP contribution < -0.4 is 11.1 Å². The quantitative estimate of drug-likeness (QED) is 0.535. The third-order valence-electron chi connectivity index (χ3n) is 2.73. The lowest BCUT2D eigenvalue weighted by Crippen LogP contribution is -2.45. The summed E-state index contributed by atoms with van der Waals surface area (Å²) in [6.45, 7) is 3.73. The van der Waals surface area contributed by atoms with Crippen LogP contribution in [0.2, 0.25) is 0 Å². The molecule has 4 N–H and O–H groups in total.